The molecule has 0 bridgehead atoms. The van der Waals surface area contributed by atoms with Crippen molar-refractivity contribution in [1.82, 2.24) is 9.55 Å². The van der Waals surface area contributed by atoms with Gasteiger partial charge in [0.15, 0.2) is 5.16 Å². The van der Waals surface area contributed by atoms with E-state index in [2.05, 4.69) is 4.98 Å². The molecule has 2 aromatic rings. The Bertz CT molecular complexity index is 687. The summed E-state index contributed by atoms with van der Waals surface area (Å²) in [5.41, 5.74) is 0.556. The molecule has 0 aliphatic carbocycles. The summed E-state index contributed by atoms with van der Waals surface area (Å²) in [4.78, 5) is 25.7. The lowest BCUT2D eigenvalue weighted by molar-refractivity contribution is -0.133. The van der Waals surface area contributed by atoms with Crippen LogP contribution in [0.2, 0.25) is 5.02 Å². The van der Waals surface area contributed by atoms with Crippen molar-refractivity contribution in [2.24, 2.45) is 0 Å². The van der Waals surface area contributed by atoms with Gasteiger partial charge in [-0.05, 0) is 17.7 Å². The lowest BCUT2D eigenvalue weighted by atomic mass is 10.2. The van der Waals surface area contributed by atoms with Gasteiger partial charge in [0.25, 0.3) is 5.56 Å². The molecule has 5 nitrogen and oxygen atoms in total. The molecule has 1 aromatic heterocycles. The van der Waals surface area contributed by atoms with Gasteiger partial charge in [-0.2, -0.15) is 4.98 Å². The van der Waals surface area contributed by atoms with Gasteiger partial charge in [0.2, 0.25) is 0 Å². The molecule has 2 rings (SSSR count). The van der Waals surface area contributed by atoms with Crippen LogP contribution in [0.3, 0.4) is 0 Å². The zero-order valence-corrected chi connectivity index (χ0v) is 11.9. The van der Waals surface area contributed by atoms with Gasteiger partial charge in [-0.1, -0.05) is 35.5 Å². The van der Waals surface area contributed by atoms with E-state index in [1.54, 1.807) is 16.8 Å². The van der Waals surface area contributed by atoms with E-state index in [-0.39, 0.29) is 11.3 Å². The highest BCUT2D eigenvalue weighted by Crippen LogP contribution is 2.17. The molecule has 104 valence electrons. The van der Waals surface area contributed by atoms with Crippen LogP contribution in [0.5, 0.6) is 0 Å². The van der Waals surface area contributed by atoms with Gasteiger partial charge >= 0.3 is 5.97 Å². The Balaban J connectivity index is 2.26. The average molecular weight is 311 g/mol. The molecule has 0 radical (unpaired) electrons. The smallest absolute Gasteiger partial charge is 0.313 e. The number of hydrogen-bond acceptors (Lipinski definition) is 4. The SMILES string of the molecule is O=C(O)CSc1nc(=O)ccn1Cc1cccc(Cl)c1. The first-order valence-corrected chi connectivity index (χ1v) is 7.07. The number of carboxylic acids is 1. The molecule has 0 amide bonds. The maximum atomic E-state index is 11.3. The van der Waals surface area contributed by atoms with Crippen molar-refractivity contribution in [3.8, 4) is 0 Å². The fraction of sp³-hybridized carbons (Fsp3) is 0.154. The highest BCUT2D eigenvalue weighted by atomic mass is 35.5. The maximum absolute atomic E-state index is 11.3. The van der Waals surface area contributed by atoms with Gasteiger partial charge in [0, 0.05) is 23.8 Å². The number of rotatable bonds is 5. The Morgan fingerprint density at radius 1 is 1.40 bits per heavy atom. The molecule has 20 heavy (non-hydrogen) atoms. The van der Waals surface area contributed by atoms with Crippen LogP contribution in [0.25, 0.3) is 0 Å². The summed E-state index contributed by atoms with van der Waals surface area (Å²) >= 11 is 6.93. The molecule has 1 aromatic carbocycles. The second-order valence-electron chi connectivity index (χ2n) is 3.99. The highest BCUT2D eigenvalue weighted by Gasteiger charge is 2.07. The lowest BCUT2D eigenvalue weighted by Gasteiger charge is -2.11. The molecule has 0 atom stereocenters. The van der Waals surface area contributed by atoms with Gasteiger partial charge in [0.05, 0.1) is 5.75 Å². The number of hydrogen-bond donors (Lipinski definition) is 1. The largest absolute Gasteiger partial charge is 0.481 e. The van der Waals surface area contributed by atoms with E-state index >= 15 is 0 Å². The summed E-state index contributed by atoms with van der Waals surface area (Å²) in [6.07, 6.45) is 1.60. The first-order chi connectivity index (χ1) is 9.54. The molecule has 0 saturated carbocycles. The van der Waals surface area contributed by atoms with Gasteiger partial charge in [-0.25, -0.2) is 0 Å². The molecule has 0 fully saturated rings. The molecule has 7 heteroatoms. The third kappa shape index (κ3) is 4.11. The van der Waals surface area contributed by atoms with Crippen LogP contribution in [-0.4, -0.2) is 26.4 Å². The number of thioether (sulfide) groups is 1. The number of carbonyl (C=O) groups is 1. The second-order valence-corrected chi connectivity index (χ2v) is 5.37. The van der Waals surface area contributed by atoms with E-state index in [0.29, 0.717) is 16.7 Å². The predicted octanol–water partition coefficient (Wildman–Crippen LogP) is 2.12. The minimum atomic E-state index is -0.956. The normalized spacial score (nSPS) is 10.4. The standard InChI is InChI=1S/C13H11ClN2O3S/c14-10-3-1-2-9(6-10)7-16-5-4-11(17)15-13(16)20-8-12(18)19/h1-6H,7-8H2,(H,18,19). The monoisotopic (exact) mass is 310 g/mol. The number of benzene rings is 1. The number of carboxylic acid groups (broad SMARTS) is 1. The number of nitrogens with zero attached hydrogens (tertiary/aromatic N) is 2. The molecule has 0 aliphatic heterocycles. The molecule has 0 unspecified atom stereocenters. The predicted molar refractivity (Wildman–Crippen MR) is 77.4 cm³/mol. The summed E-state index contributed by atoms with van der Waals surface area (Å²) in [5.74, 6) is -1.10. The number of aromatic nitrogens is 2. The fourth-order valence-corrected chi connectivity index (χ4v) is 2.52. The quantitative estimate of drug-likeness (QED) is 0.676. The third-order valence-electron chi connectivity index (χ3n) is 2.42. The van der Waals surface area contributed by atoms with E-state index in [9.17, 15) is 9.59 Å². The van der Waals surface area contributed by atoms with Crippen LogP contribution in [0.15, 0.2) is 46.5 Å². The Labute approximate surface area is 124 Å². The Hall–Kier alpha value is -1.79. The Kier molecular flexibility index (Phi) is 4.81. The Morgan fingerprint density at radius 3 is 2.90 bits per heavy atom. The van der Waals surface area contributed by atoms with E-state index < -0.39 is 5.97 Å². The van der Waals surface area contributed by atoms with E-state index in [1.807, 2.05) is 18.2 Å². The van der Waals surface area contributed by atoms with Crippen molar-refractivity contribution in [1.29, 1.82) is 0 Å². The zero-order valence-electron chi connectivity index (χ0n) is 10.3. The molecular weight excluding hydrogens is 300 g/mol. The lowest BCUT2D eigenvalue weighted by Crippen LogP contribution is -2.14. The van der Waals surface area contributed by atoms with Crippen LogP contribution in [0.1, 0.15) is 5.56 Å². The molecule has 1 heterocycles. The molecule has 0 spiro atoms. The second kappa shape index (κ2) is 6.58. The van der Waals surface area contributed by atoms with Crippen molar-refractivity contribution in [2.75, 3.05) is 5.75 Å². The van der Waals surface area contributed by atoms with E-state index in [1.165, 1.54) is 6.07 Å². The van der Waals surface area contributed by atoms with Gasteiger partial charge in [-0.3, -0.25) is 9.59 Å². The zero-order chi connectivity index (χ0) is 14.5. The minimum Gasteiger partial charge on any atom is -0.481 e. The van der Waals surface area contributed by atoms with Crippen molar-refractivity contribution in [2.45, 2.75) is 11.7 Å². The maximum Gasteiger partial charge on any atom is 0.313 e. The van der Waals surface area contributed by atoms with Crippen molar-refractivity contribution in [3.63, 3.8) is 0 Å². The Morgan fingerprint density at radius 2 is 2.20 bits per heavy atom. The molecule has 0 saturated heterocycles. The van der Waals surface area contributed by atoms with Crippen molar-refractivity contribution in [3.05, 3.63) is 57.5 Å². The number of aliphatic carboxylic acids is 1. The van der Waals surface area contributed by atoms with Crippen LogP contribution in [0.4, 0.5) is 0 Å². The summed E-state index contributed by atoms with van der Waals surface area (Å²) in [7, 11) is 0. The molecular formula is C13H11ClN2O3S. The first kappa shape index (κ1) is 14.6. The van der Waals surface area contributed by atoms with E-state index in [4.69, 9.17) is 16.7 Å². The minimum absolute atomic E-state index is 0.147. The summed E-state index contributed by atoms with van der Waals surface area (Å²) < 4.78 is 1.72. The average Bonchev–Trinajstić information content (AvgIpc) is 2.39. The molecule has 0 aliphatic rings. The van der Waals surface area contributed by atoms with Gasteiger partial charge in [-0.15, -0.1) is 0 Å². The fourth-order valence-electron chi connectivity index (χ4n) is 1.61. The van der Waals surface area contributed by atoms with Crippen LogP contribution >= 0.6 is 23.4 Å². The van der Waals surface area contributed by atoms with E-state index in [0.717, 1.165) is 17.3 Å². The van der Waals surface area contributed by atoms with Crippen molar-refractivity contribution < 1.29 is 9.90 Å². The van der Waals surface area contributed by atoms with Gasteiger partial charge < -0.3 is 9.67 Å². The summed E-state index contributed by atoms with van der Waals surface area (Å²) in [6.45, 7) is 0.468. The number of halogens is 1. The first-order valence-electron chi connectivity index (χ1n) is 5.71. The topological polar surface area (TPSA) is 72.2 Å². The summed E-state index contributed by atoms with van der Waals surface area (Å²) in [6, 6.07) is 8.66. The van der Waals surface area contributed by atoms with Gasteiger partial charge in [0.1, 0.15) is 0 Å². The van der Waals surface area contributed by atoms with Crippen molar-refractivity contribution >= 4 is 29.3 Å². The third-order valence-corrected chi connectivity index (χ3v) is 3.63. The molecule has 1 N–H and O–H groups in total. The van der Waals surface area contributed by atoms with Crippen LogP contribution in [-0.2, 0) is 11.3 Å². The van der Waals surface area contributed by atoms with Crippen LogP contribution in [0, 0.1) is 0 Å². The van der Waals surface area contributed by atoms with Crippen LogP contribution < -0.4 is 5.56 Å². The highest BCUT2D eigenvalue weighted by molar-refractivity contribution is 7.99. The summed E-state index contributed by atoms with van der Waals surface area (Å²) in [5, 5.41) is 9.70.